The number of pyridine rings is 1. The molecule has 31 heavy (non-hydrogen) atoms. The third-order valence-electron chi connectivity index (χ3n) is 4.33. The van der Waals surface area contributed by atoms with Crippen LogP contribution in [0, 0.1) is 5.82 Å². The monoisotopic (exact) mass is 461 g/mol. The number of ether oxygens (including phenoxy) is 1. The summed E-state index contributed by atoms with van der Waals surface area (Å²) in [6, 6.07) is 12.9. The van der Waals surface area contributed by atoms with Crippen molar-refractivity contribution in [3.05, 3.63) is 93.0 Å². The van der Waals surface area contributed by atoms with Crippen molar-refractivity contribution in [2.24, 2.45) is 5.73 Å². The standard InChI is InChI=1S/C22H18Cl2FN3O3/c23-17-11-18(24)19(25)10-16(17)22(30)28-7-4-13-2-1-3-15(8-13)31-12-14-5-6-27-20(9-14)21(26)29/h1-3,5-6,8-11H,4,7,12H2,(H2,26,29)(H,28,30). The van der Waals surface area contributed by atoms with Crippen molar-refractivity contribution in [2.45, 2.75) is 13.0 Å². The van der Waals surface area contributed by atoms with Gasteiger partial charge in [-0.3, -0.25) is 14.6 Å². The average molecular weight is 462 g/mol. The van der Waals surface area contributed by atoms with Crippen molar-refractivity contribution in [3.63, 3.8) is 0 Å². The van der Waals surface area contributed by atoms with E-state index < -0.39 is 17.6 Å². The summed E-state index contributed by atoms with van der Waals surface area (Å²) in [5, 5.41) is 2.64. The lowest BCUT2D eigenvalue weighted by Gasteiger charge is -2.10. The van der Waals surface area contributed by atoms with Crippen LogP contribution >= 0.6 is 23.2 Å². The van der Waals surface area contributed by atoms with E-state index >= 15 is 0 Å². The van der Waals surface area contributed by atoms with Gasteiger partial charge in [-0.25, -0.2) is 4.39 Å². The molecule has 3 N–H and O–H groups in total. The molecule has 2 aromatic carbocycles. The zero-order chi connectivity index (χ0) is 22.4. The molecule has 0 spiro atoms. The second-order valence-corrected chi connectivity index (χ2v) is 7.42. The van der Waals surface area contributed by atoms with Crippen LogP contribution in [0.2, 0.25) is 10.0 Å². The van der Waals surface area contributed by atoms with Crippen molar-refractivity contribution in [1.29, 1.82) is 0 Å². The highest BCUT2D eigenvalue weighted by Gasteiger charge is 2.14. The van der Waals surface area contributed by atoms with E-state index in [1.165, 1.54) is 12.3 Å². The lowest BCUT2D eigenvalue weighted by Crippen LogP contribution is -2.26. The number of amides is 2. The number of carbonyl (C=O) groups is 2. The quantitative estimate of drug-likeness (QED) is 0.492. The highest BCUT2D eigenvalue weighted by Crippen LogP contribution is 2.24. The molecule has 0 atom stereocenters. The first-order chi connectivity index (χ1) is 14.8. The Bertz CT molecular complexity index is 1120. The van der Waals surface area contributed by atoms with Gasteiger partial charge in [-0.05, 0) is 53.9 Å². The summed E-state index contributed by atoms with van der Waals surface area (Å²) in [4.78, 5) is 27.4. The van der Waals surface area contributed by atoms with E-state index in [2.05, 4.69) is 10.3 Å². The van der Waals surface area contributed by atoms with Crippen LogP contribution in [0.4, 0.5) is 4.39 Å². The number of hydrogen-bond acceptors (Lipinski definition) is 4. The molecule has 0 bridgehead atoms. The molecule has 3 aromatic rings. The fourth-order valence-electron chi connectivity index (χ4n) is 2.77. The molecule has 0 aliphatic carbocycles. The normalized spacial score (nSPS) is 10.5. The first-order valence-corrected chi connectivity index (χ1v) is 9.98. The summed E-state index contributed by atoms with van der Waals surface area (Å²) in [6.07, 6.45) is 2.02. The fraction of sp³-hybridized carbons (Fsp3) is 0.136. The van der Waals surface area contributed by atoms with E-state index in [-0.39, 0.29) is 27.9 Å². The SMILES string of the molecule is NC(=O)c1cc(COc2cccc(CCNC(=O)c3cc(F)c(Cl)cc3Cl)c2)ccn1. The predicted molar refractivity (Wildman–Crippen MR) is 116 cm³/mol. The van der Waals surface area contributed by atoms with Crippen molar-refractivity contribution >= 4 is 35.0 Å². The summed E-state index contributed by atoms with van der Waals surface area (Å²) >= 11 is 11.6. The van der Waals surface area contributed by atoms with E-state index in [4.69, 9.17) is 33.7 Å². The number of nitrogens with zero attached hydrogens (tertiary/aromatic N) is 1. The topological polar surface area (TPSA) is 94.3 Å². The summed E-state index contributed by atoms with van der Waals surface area (Å²) in [6.45, 7) is 0.554. The first-order valence-electron chi connectivity index (χ1n) is 9.22. The summed E-state index contributed by atoms with van der Waals surface area (Å²) in [7, 11) is 0. The Hall–Kier alpha value is -3.16. The van der Waals surface area contributed by atoms with Crippen LogP contribution in [0.15, 0.2) is 54.7 Å². The van der Waals surface area contributed by atoms with Crippen LogP contribution in [-0.4, -0.2) is 23.3 Å². The first kappa shape index (κ1) is 22.5. The Morgan fingerprint density at radius 3 is 2.65 bits per heavy atom. The minimum absolute atomic E-state index is 0.0216. The van der Waals surface area contributed by atoms with Crippen molar-refractivity contribution < 1.29 is 18.7 Å². The molecule has 0 unspecified atom stereocenters. The predicted octanol–water partition coefficient (Wildman–Crippen LogP) is 4.18. The smallest absolute Gasteiger partial charge is 0.267 e. The van der Waals surface area contributed by atoms with Crippen molar-refractivity contribution in [1.82, 2.24) is 10.3 Å². The number of benzene rings is 2. The second-order valence-electron chi connectivity index (χ2n) is 6.60. The van der Waals surface area contributed by atoms with E-state index in [1.807, 2.05) is 18.2 Å². The Labute approximate surface area is 188 Å². The van der Waals surface area contributed by atoms with E-state index in [1.54, 1.807) is 18.2 Å². The molecule has 9 heteroatoms. The average Bonchev–Trinajstić information content (AvgIpc) is 2.75. The van der Waals surface area contributed by atoms with Crippen LogP contribution < -0.4 is 15.8 Å². The maximum absolute atomic E-state index is 13.6. The van der Waals surface area contributed by atoms with Gasteiger partial charge in [0.1, 0.15) is 23.9 Å². The molecular weight excluding hydrogens is 444 g/mol. The Morgan fingerprint density at radius 2 is 1.87 bits per heavy atom. The van der Waals surface area contributed by atoms with Crippen molar-refractivity contribution in [2.75, 3.05) is 6.54 Å². The maximum atomic E-state index is 13.6. The Kier molecular flexibility index (Phi) is 7.44. The Balaban J connectivity index is 1.55. The number of aromatic nitrogens is 1. The molecule has 0 aliphatic heterocycles. The molecule has 0 aliphatic rings. The van der Waals surface area contributed by atoms with Gasteiger partial charge in [-0.1, -0.05) is 35.3 Å². The number of nitrogens with one attached hydrogen (secondary N) is 1. The van der Waals surface area contributed by atoms with Crippen molar-refractivity contribution in [3.8, 4) is 5.75 Å². The number of rotatable bonds is 8. The zero-order valence-electron chi connectivity index (χ0n) is 16.2. The lowest BCUT2D eigenvalue weighted by atomic mass is 10.1. The van der Waals surface area contributed by atoms with Gasteiger partial charge in [0.05, 0.1) is 15.6 Å². The molecule has 1 aromatic heterocycles. The van der Waals surface area contributed by atoms with Crippen LogP contribution in [-0.2, 0) is 13.0 Å². The van der Waals surface area contributed by atoms with Gasteiger partial charge in [0.15, 0.2) is 0 Å². The van der Waals surface area contributed by atoms with Gasteiger partial charge in [-0.15, -0.1) is 0 Å². The molecule has 0 radical (unpaired) electrons. The number of carbonyl (C=O) groups excluding carboxylic acids is 2. The lowest BCUT2D eigenvalue weighted by molar-refractivity contribution is 0.0952. The van der Waals surface area contributed by atoms with E-state index in [0.29, 0.717) is 18.7 Å². The minimum atomic E-state index is -0.710. The van der Waals surface area contributed by atoms with Gasteiger partial charge in [0, 0.05) is 12.7 Å². The minimum Gasteiger partial charge on any atom is -0.489 e. The molecule has 0 fully saturated rings. The van der Waals surface area contributed by atoms with E-state index in [9.17, 15) is 14.0 Å². The maximum Gasteiger partial charge on any atom is 0.267 e. The van der Waals surface area contributed by atoms with Crippen LogP contribution in [0.3, 0.4) is 0 Å². The number of nitrogens with two attached hydrogens (primary N) is 1. The number of hydrogen-bond donors (Lipinski definition) is 2. The van der Waals surface area contributed by atoms with Gasteiger partial charge in [-0.2, -0.15) is 0 Å². The molecule has 1 heterocycles. The second kappa shape index (κ2) is 10.2. The van der Waals surface area contributed by atoms with Gasteiger partial charge in [0.25, 0.3) is 11.8 Å². The summed E-state index contributed by atoms with van der Waals surface area (Å²) in [5.74, 6) is -1.17. The van der Waals surface area contributed by atoms with Crippen LogP contribution in [0.25, 0.3) is 0 Å². The largest absolute Gasteiger partial charge is 0.489 e. The number of halogens is 3. The molecule has 160 valence electrons. The van der Waals surface area contributed by atoms with Gasteiger partial charge >= 0.3 is 0 Å². The molecule has 3 rings (SSSR count). The molecular formula is C22H18Cl2FN3O3. The number of primary amides is 1. The molecule has 0 saturated carbocycles. The third-order valence-corrected chi connectivity index (χ3v) is 4.94. The molecule has 6 nitrogen and oxygen atoms in total. The highest BCUT2D eigenvalue weighted by atomic mass is 35.5. The van der Waals surface area contributed by atoms with Crippen LogP contribution in [0.5, 0.6) is 5.75 Å². The molecule has 0 saturated heterocycles. The molecule has 2 amide bonds. The fourth-order valence-corrected chi connectivity index (χ4v) is 3.24. The Morgan fingerprint density at radius 1 is 1.06 bits per heavy atom. The van der Waals surface area contributed by atoms with E-state index in [0.717, 1.165) is 17.2 Å². The summed E-state index contributed by atoms with van der Waals surface area (Å²) < 4.78 is 19.4. The zero-order valence-corrected chi connectivity index (χ0v) is 17.7. The third kappa shape index (κ3) is 6.16. The highest BCUT2D eigenvalue weighted by molar-refractivity contribution is 6.36. The van der Waals surface area contributed by atoms with Gasteiger partial charge in [0.2, 0.25) is 0 Å². The summed E-state index contributed by atoms with van der Waals surface area (Å²) in [5.41, 5.74) is 7.11. The van der Waals surface area contributed by atoms with Gasteiger partial charge < -0.3 is 15.8 Å². The van der Waals surface area contributed by atoms with Crippen LogP contribution in [0.1, 0.15) is 32.0 Å².